The van der Waals surface area contributed by atoms with Gasteiger partial charge in [0, 0.05) is 23.2 Å². The third-order valence-corrected chi connectivity index (χ3v) is 3.12. The number of fused-ring (bicyclic) bond motifs is 1. The smallest absolute Gasteiger partial charge is 0.151 e. The molecule has 1 aromatic heterocycles. The van der Waals surface area contributed by atoms with E-state index >= 15 is 0 Å². The molecule has 14 heavy (non-hydrogen) atoms. The van der Waals surface area contributed by atoms with E-state index in [1.807, 2.05) is 0 Å². The van der Waals surface area contributed by atoms with Crippen molar-refractivity contribution in [3.8, 4) is 0 Å². The van der Waals surface area contributed by atoms with Gasteiger partial charge in [0.25, 0.3) is 0 Å². The zero-order valence-corrected chi connectivity index (χ0v) is 9.28. The van der Waals surface area contributed by atoms with Crippen molar-refractivity contribution < 1.29 is 0 Å². The van der Waals surface area contributed by atoms with E-state index in [1.54, 1.807) is 0 Å². The van der Waals surface area contributed by atoms with E-state index < -0.39 is 0 Å². The molecule has 0 aliphatic heterocycles. The summed E-state index contributed by atoms with van der Waals surface area (Å²) in [6.45, 7) is 7.63. The second-order valence-corrected chi connectivity index (χ2v) is 4.69. The standard InChI is InChI=1S/C11H19N3/c1-4-12-10-8-6-5-7-11(2,3)9(8)13-14-10/h4-7H2,1-3H3,(H2,12,13,14). The highest BCUT2D eigenvalue weighted by atomic mass is 15.2. The van der Waals surface area contributed by atoms with E-state index in [4.69, 9.17) is 0 Å². The first-order valence-corrected chi connectivity index (χ1v) is 5.46. The number of nitrogens with one attached hydrogen (secondary N) is 2. The molecule has 0 aromatic carbocycles. The zero-order chi connectivity index (χ0) is 10.2. The zero-order valence-electron chi connectivity index (χ0n) is 9.28. The average Bonchev–Trinajstić information content (AvgIpc) is 2.50. The Morgan fingerprint density at radius 1 is 1.50 bits per heavy atom. The van der Waals surface area contributed by atoms with Crippen LogP contribution < -0.4 is 5.32 Å². The molecule has 0 unspecified atom stereocenters. The number of aromatic nitrogens is 2. The highest BCUT2D eigenvalue weighted by molar-refractivity contribution is 5.49. The molecule has 0 amide bonds. The summed E-state index contributed by atoms with van der Waals surface area (Å²) in [7, 11) is 0. The van der Waals surface area contributed by atoms with Gasteiger partial charge in [-0.05, 0) is 26.2 Å². The molecule has 78 valence electrons. The lowest BCUT2D eigenvalue weighted by Crippen LogP contribution is -2.23. The molecule has 0 spiro atoms. The third-order valence-electron chi connectivity index (χ3n) is 3.12. The van der Waals surface area contributed by atoms with Gasteiger partial charge in [0.2, 0.25) is 0 Å². The Labute approximate surface area is 85.3 Å². The van der Waals surface area contributed by atoms with E-state index in [0.717, 1.165) is 18.8 Å². The van der Waals surface area contributed by atoms with Gasteiger partial charge >= 0.3 is 0 Å². The van der Waals surface area contributed by atoms with Crippen molar-refractivity contribution >= 4 is 5.82 Å². The summed E-state index contributed by atoms with van der Waals surface area (Å²) in [5.74, 6) is 1.07. The highest BCUT2D eigenvalue weighted by Crippen LogP contribution is 2.37. The topological polar surface area (TPSA) is 40.7 Å². The molecule has 3 nitrogen and oxygen atoms in total. The fourth-order valence-electron chi connectivity index (χ4n) is 2.31. The van der Waals surface area contributed by atoms with Gasteiger partial charge < -0.3 is 5.32 Å². The first-order valence-electron chi connectivity index (χ1n) is 5.46. The van der Waals surface area contributed by atoms with Crippen LogP contribution in [-0.4, -0.2) is 16.7 Å². The van der Waals surface area contributed by atoms with Crippen molar-refractivity contribution in [3.63, 3.8) is 0 Å². The second-order valence-electron chi connectivity index (χ2n) is 4.69. The maximum absolute atomic E-state index is 4.35. The minimum atomic E-state index is 0.272. The summed E-state index contributed by atoms with van der Waals surface area (Å²) in [6, 6.07) is 0. The molecule has 3 heteroatoms. The molecule has 1 aliphatic carbocycles. The average molecular weight is 193 g/mol. The predicted octanol–water partition coefficient (Wildman–Crippen LogP) is 2.46. The molecule has 1 aliphatic rings. The van der Waals surface area contributed by atoms with Crippen LogP contribution >= 0.6 is 0 Å². The van der Waals surface area contributed by atoms with Crippen LogP contribution in [-0.2, 0) is 11.8 Å². The van der Waals surface area contributed by atoms with Crippen molar-refractivity contribution in [2.45, 2.75) is 45.4 Å². The summed E-state index contributed by atoms with van der Waals surface area (Å²) < 4.78 is 0. The molecule has 0 saturated heterocycles. The van der Waals surface area contributed by atoms with Crippen LogP contribution in [0, 0.1) is 0 Å². The van der Waals surface area contributed by atoms with E-state index in [0.29, 0.717) is 0 Å². The number of H-pyrrole nitrogens is 1. The molecule has 0 bridgehead atoms. The Bertz CT molecular complexity index is 325. The van der Waals surface area contributed by atoms with Gasteiger partial charge in [0.15, 0.2) is 5.82 Å². The van der Waals surface area contributed by atoms with E-state index in [2.05, 4.69) is 36.3 Å². The van der Waals surface area contributed by atoms with Gasteiger partial charge in [-0.3, -0.25) is 5.10 Å². The lowest BCUT2D eigenvalue weighted by atomic mass is 9.76. The Morgan fingerprint density at radius 2 is 2.29 bits per heavy atom. The summed E-state index contributed by atoms with van der Waals surface area (Å²) in [5.41, 5.74) is 3.01. The minimum absolute atomic E-state index is 0.272. The first kappa shape index (κ1) is 9.56. The molecule has 0 radical (unpaired) electrons. The van der Waals surface area contributed by atoms with Crippen molar-refractivity contribution in [2.75, 3.05) is 11.9 Å². The van der Waals surface area contributed by atoms with E-state index in [9.17, 15) is 0 Å². The van der Waals surface area contributed by atoms with Crippen molar-refractivity contribution in [3.05, 3.63) is 11.3 Å². The number of anilines is 1. The Balaban J connectivity index is 2.38. The second kappa shape index (κ2) is 3.30. The van der Waals surface area contributed by atoms with Gasteiger partial charge in [-0.25, -0.2) is 0 Å². The van der Waals surface area contributed by atoms with Gasteiger partial charge in [-0.15, -0.1) is 0 Å². The third kappa shape index (κ3) is 1.41. The number of hydrogen-bond donors (Lipinski definition) is 2. The van der Waals surface area contributed by atoms with Crippen molar-refractivity contribution in [1.82, 2.24) is 10.2 Å². The largest absolute Gasteiger partial charge is 0.369 e. The first-order chi connectivity index (χ1) is 6.65. The summed E-state index contributed by atoms with van der Waals surface area (Å²) in [6.07, 6.45) is 3.70. The molecule has 0 fully saturated rings. The molecule has 1 heterocycles. The molecule has 0 atom stereocenters. The number of nitrogens with zero attached hydrogens (tertiary/aromatic N) is 1. The minimum Gasteiger partial charge on any atom is -0.369 e. The lowest BCUT2D eigenvalue weighted by molar-refractivity contribution is 0.420. The van der Waals surface area contributed by atoms with Crippen LogP contribution in [0.3, 0.4) is 0 Å². The number of aromatic amines is 1. The monoisotopic (exact) mass is 193 g/mol. The molecular weight excluding hydrogens is 174 g/mol. The van der Waals surface area contributed by atoms with Crippen LogP contribution in [0.1, 0.15) is 44.9 Å². The van der Waals surface area contributed by atoms with Gasteiger partial charge in [-0.1, -0.05) is 13.8 Å². The molecule has 1 aromatic rings. The maximum atomic E-state index is 4.35. The van der Waals surface area contributed by atoms with E-state index in [-0.39, 0.29) is 5.41 Å². The van der Waals surface area contributed by atoms with Crippen LogP contribution in [0.4, 0.5) is 5.82 Å². The summed E-state index contributed by atoms with van der Waals surface area (Å²) in [4.78, 5) is 0. The summed E-state index contributed by atoms with van der Waals surface area (Å²) in [5, 5.41) is 10.8. The quantitative estimate of drug-likeness (QED) is 0.757. The Kier molecular flexibility index (Phi) is 2.25. The normalized spacial score (nSPS) is 19.1. The molecular formula is C11H19N3. The lowest BCUT2D eigenvalue weighted by Gasteiger charge is -2.29. The molecule has 0 saturated carbocycles. The van der Waals surface area contributed by atoms with Gasteiger partial charge in [-0.2, -0.15) is 5.10 Å². The summed E-state index contributed by atoms with van der Waals surface area (Å²) >= 11 is 0. The SMILES string of the molecule is CCNc1n[nH]c2c1CCCC2(C)C. The van der Waals surface area contributed by atoms with Crippen molar-refractivity contribution in [2.24, 2.45) is 0 Å². The van der Waals surface area contributed by atoms with Crippen molar-refractivity contribution in [1.29, 1.82) is 0 Å². The highest BCUT2D eigenvalue weighted by Gasteiger charge is 2.31. The Morgan fingerprint density at radius 3 is 3.00 bits per heavy atom. The van der Waals surface area contributed by atoms with Crippen LogP contribution in [0.15, 0.2) is 0 Å². The van der Waals surface area contributed by atoms with E-state index in [1.165, 1.54) is 24.1 Å². The fourth-order valence-corrected chi connectivity index (χ4v) is 2.31. The van der Waals surface area contributed by atoms with Gasteiger partial charge in [0.05, 0.1) is 0 Å². The number of rotatable bonds is 2. The number of hydrogen-bond acceptors (Lipinski definition) is 2. The fraction of sp³-hybridized carbons (Fsp3) is 0.727. The Hall–Kier alpha value is -0.990. The van der Waals surface area contributed by atoms with Crippen LogP contribution in [0.25, 0.3) is 0 Å². The van der Waals surface area contributed by atoms with Gasteiger partial charge in [0.1, 0.15) is 0 Å². The maximum Gasteiger partial charge on any atom is 0.151 e. The van der Waals surface area contributed by atoms with Crippen LogP contribution in [0.5, 0.6) is 0 Å². The predicted molar refractivity (Wildman–Crippen MR) is 58.7 cm³/mol. The molecule has 2 rings (SSSR count). The molecule has 2 N–H and O–H groups in total. The van der Waals surface area contributed by atoms with Crippen LogP contribution in [0.2, 0.25) is 0 Å².